The van der Waals surface area contributed by atoms with Gasteiger partial charge in [-0.3, -0.25) is 4.79 Å². The summed E-state index contributed by atoms with van der Waals surface area (Å²) in [6, 6.07) is 10.3. The third kappa shape index (κ3) is 3.30. The van der Waals surface area contributed by atoms with E-state index in [1.54, 1.807) is 0 Å². The fourth-order valence-electron chi connectivity index (χ4n) is 4.41. The summed E-state index contributed by atoms with van der Waals surface area (Å²) in [5.74, 6) is 0.392. The Morgan fingerprint density at radius 3 is 2.35 bits per heavy atom. The zero-order chi connectivity index (χ0) is 16.5. The highest BCUT2D eigenvalue weighted by Gasteiger charge is 2.47. The molecule has 1 aliphatic heterocycles. The lowest BCUT2D eigenvalue weighted by Gasteiger charge is -2.34. The Morgan fingerprint density at radius 1 is 1.13 bits per heavy atom. The second-order valence-corrected chi connectivity index (χ2v) is 8.21. The van der Waals surface area contributed by atoms with Gasteiger partial charge in [0.1, 0.15) is 6.54 Å². The molecule has 2 unspecified atom stereocenters. The minimum Gasteiger partial charge on any atom is -0.455 e. The molecule has 0 radical (unpaired) electrons. The molecule has 0 N–H and O–H groups in total. The predicted octanol–water partition coefficient (Wildman–Crippen LogP) is 3.53. The number of likely N-dealkylation sites (N-methyl/N-ethyl adjacent to an activating group) is 1. The molecule has 0 spiro atoms. The van der Waals surface area contributed by atoms with Gasteiger partial charge in [0.25, 0.3) is 0 Å². The van der Waals surface area contributed by atoms with Crippen LogP contribution in [0.4, 0.5) is 0 Å². The molecule has 0 amide bonds. The number of benzene rings is 1. The Labute approximate surface area is 140 Å². The molecule has 2 atom stereocenters. The van der Waals surface area contributed by atoms with Crippen molar-refractivity contribution in [3.63, 3.8) is 0 Å². The van der Waals surface area contributed by atoms with Crippen molar-refractivity contribution in [3.8, 4) is 0 Å². The molecule has 23 heavy (non-hydrogen) atoms. The lowest BCUT2D eigenvalue weighted by atomic mass is 9.71. The van der Waals surface area contributed by atoms with Gasteiger partial charge in [-0.15, -0.1) is 0 Å². The van der Waals surface area contributed by atoms with Crippen LogP contribution < -0.4 is 0 Å². The number of nitrogens with zero attached hydrogens (tertiary/aromatic N) is 1. The summed E-state index contributed by atoms with van der Waals surface area (Å²) in [5, 5.41) is 0. The van der Waals surface area contributed by atoms with E-state index in [-0.39, 0.29) is 12.1 Å². The first-order chi connectivity index (χ1) is 10.9. The third-order valence-electron chi connectivity index (χ3n) is 6.00. The SMILES string of the molecule is CC(C(=O)OC1CC[N+](C)(C)C1)(c1ccccc1)C1CCCC1. The summed E-state index contributed by atoms with van der Waals surface area (Å²) in [5.41, 5.74) is 0.612. The Hall–Kier alpha value is -1.35. The van der Waals surface area contributed by atoms with Gasteiger partial charge in [-0.05, 0) is 31.2 Å². The molecule has 126 valence electrons. The predicted molar refractivity (Wildman–Crippen MR) is 92.1 cm³/mol. The maximum atomic E-state index is 13.2. The van der Waals surface area contributed by atoms with E-state index in [0.29, 0.717) is 5.92 Å². The highest BCUT2D eigenvalue weighted by molar-refractivity contribution is 5.83. The lowest BCUT2D eigenvalue weighted by Crippen LogP contribution is -2.44. The van der Waals surface area contributed by atoms with E-state index in [0.717, 1.165) is 42.4 Å². The standard InChI is InChI=1S/C20H30NO2/c1-20(17-11-7-8-12-17,16-9-5-4-6-10-16)19(22)23-18-13-14-21(2,3)15-18/h4-6,9-10,17-18H,7-8,11-15H2,1-3H3/q+1. The van der Waals surface area contributed by atoms with Gasteiger partial charge in [0, 0.05) is 6.42 Å². The maximum Gasteiger partial charge on any atom is 0.317 e. The molecule has 1 aromatic carbocycles. The van der Waals surface area contributed by atoms with Gasteiger partial charge in [0.15, 0.2) is 6.10 Å². The summed E-state index contributed by atoms with van der Waals surface area (Å²) in [4.78, 5) is 13.2. The van der Waals surface area contributed by atoms with Gasteiger partial charge in [-0.25, -0.2) is 0 Å². The molecule has 2 aliphatic rings. The van der Waals surface area contributed by atoms with Crippen LogP contribution in [0.25, 0.3) is 0 Å². The van der Waals surface area contributed by atoms with E-state index < -0.39 is 5.41 Å². The minimum absolute atomic E-state index is 0.0116. The number of quaternary nitrogens is 1. The molecule has 2 fully saturated rings. The molecule has 3 heteroatoms. The van der Waals surface area contributed by atoms with Crippen molar-refractivity contribution in [1.29, 1.82) is 0 Å². The van der Waals surface area contributed by atoms with Crippen LogP contribution in [0, 0.1) is 5.92 Å². The minimum atomic E-state index is -0.502. The number of hydrogen-bond acceptors (Lipinski definition) is 2. The van der Waals surface area contributed by atoms with Crippen molar-refractivity contribution < 1.29 is 14.0 Å². The van der Waals surface area contributed by atoms with Gasteiger partial charge >= 0.3 is 5.97 Å². The van der Waals surface area contributed by atoms with E-state index in [4.69, 9.17) is 4.74 Å². The van der Waals surface area contributed by atoms with E-state index >= 15 is 0 Å². The fraction of sp³-hybridized carbons (Fsp3) is 0.650. The molecule has 1 aromatic rings. The highest BCUT2D eigenvalue weighted by Crippen LogP contribution is 2.43. The molecule has 0 aromatic heterocycles. The molecule has 1 saturated carbocycles. The number of esters is 1. The molecule has 1 aliphatic carbocycles. The van der Waals surface area contributed by atoms with Crippen LogP contribution in [0.15, 0.2) is 30.3 Å². The molecule has 3 nitrogen and oxygen atoms in total. The van der Waals surface area contributed by atoms with Gasteiger partial charge < -0.3 is 9.22 Å². The first kappa shape index (κ1) is 16.5. The fourth-order valence-corrected chi connectivity index (χ4v) is 4.41. The first-order valence-corrected chi connectivity index (χ1v) is 9.00. The summed E-state index contributed by atoms with van der Waals surface area (Å²) in [6.07, 6.45) is 5.77. The topological polar surface area (TPSA) is 26.3 Å². The number of ether oxygens (including phenoxy) is 1. The van der Waals surface area contributed by atoms with E-state index in [2.05, 4.69) is 33.2 Å². The molecular weight excluding hydrogens is 286 g/mol. The summed E-state index contributed by atoms with van der Waals surface area (Å²) in [6.45, 7) is 4.13. The third-order valence-corrected chi connectivity index (χ3v) is 6.00. The van der Waals surface area contributed by atoms with E-state index in [9.17, 15) is 4.79 Å². The van der Waals surface area contributed by atoms with Crippen molar-refractivity contribution in [2.45, 2.75) is 50.5 Å². The van der Waals surface area contributed by atoms with Crippen molar-refractivity contribution in [2.75, 3.05) is 27.2 Å². The lowest BCUT2D eigenvalue weighted by molar-refractivity contribution is -0.879. The Kier molecular flexibility index (Phi) is 4.50. The highest BCUT2D eigenvalue weighted by atomic mass is 16.5. The summed E-state index contributed by atoms with van der Waals surface area (Å²) >= 11 is 0. The van der Waals surface area contributed by atoms with Crippen molar-refractivity contribution >= 4 is 5.97 Å². The molecule has 1 heterocycles. The Bertz CT molecular complexity index is 548. The monoisotopic (exact) mass is 316 g/mol. The first-order valence-electron chi connectivity index (χ1n) is 9.00. The Morgan fingerprint density at radius 2 is 1.78 bits per heavy atom. The van der Waals surface area contributed by atoms with Crippen LogP contribution in [-0.4, -0.2) is 43.7 Å². The van der Waals surface area contributed by atoms with Crippen LogP contribution >= 0.6 is 0 Å². The normalized spacial score (nSPS) is 26.8. The van der Waals surface area contributed by atoms with E-state index in [1.807, 2.05) is 18.2 Å². The molecular formula is C20H30NO2+. The molecule has 1 saturated heterocycles. The number of rotatable bonds is 4. The maximum absolute atomic E-state index is 13.2. The average Bonchev–Trinajstić information content (AvgIpc) is 3.17. The number of carbonyl (C=O) groups is 1. The van der Waals surface area contributed by atoms with Crippen LogP contribution in [0.2, 0.25) is 0 Å². The van der Waals surface area contributed by atoms with Crippen LogP contribution in [0.5, 0.6) is 0 Å². The number of likely N-dealkylation sites (tertiary alicyclic amines) is 1. The van der Waals surface area contributed by atoms with Gasteiger partial charge in [0.05, 0.1) is 26.1 Å². The Balaban J connectivity index is 1.82. The zero-order valence-corrected chi connectivity index (χ0v) is 14.8. The van der Waals surface area contributed by atoms with Crippen molar-refractivity contribution in [3.05, 3.63) is 35.9 Å². The van der Waals surface area contributed by atoms with Gasteiger partial charge in [-0.2, -0.15) is 0 Å². The molecule has 3 rings (SSSR count). The summed E-state index contributed by atoms with van der Waals surface area (Å²) in [7, 11) is 4.42. The number of hydrogen-bond donors (Lipinski definition) is 0. The number of carbonyl (C=O) groups excluding carboxylic acids is 1. The smallest absolute Gasteiger partial charge is 0.317 e. The summed E-state index contributed by atoms with van der Waals surface area (Å²) < 4.78 is 6.97. The molecule has 0 bridgehead atoms. The van der Waals surface area contributed by atoms with Gasteiger partial charge in [-0.1, -0.05) is 43.2 Å². The quantitative estimate of drug-likeness (QED) is 0.627. The zero-order valence-electron chi connectivity index (χ0n) is 14.8. The van der Waals surface area contributed by atoms with Gasteiger partial charge in [0.2, 0.25) is 0 Å². The van der Waals surface area contributed by atoms with Crippen LogP contribution in [0.1, 0.15) is 44.6 Å². The average molecular weight is 316 g/mol. The van der Waals surface area contributed by atoms with Crippen molar-refractivity contribution in [1.82, 2.24) is 0 Å². The van der Waals surface area contributed by atoms with Crippen LogP contribution in [-0.2, 0) is 14.9 Å². The van der Waals surface area contributed by atoms with Crippen molar-refractivity contribution in [2.24, 2.45) is 5.92 Å². The second kappa shape index (κ2) is 6.27. The second-order valence-electron chi connectivity index (χ2n) is 8.21. The van der Waals surface area contributed by atoms with E-state index in [1.165, 1.54) is 12.8 Å². The van der Waals surface area contributed by atoms with Crippen LogP contribution in [0.3, 0.4) is 0 Å². The largest absolute Gasteiger partial charge is 0.455 e.